The number of pyridine rings is 1. The molecule has 202 valence electrons. The number of carbonyl (C=O) groups excluding carboxylic acids is 1. The van der Waals surface area contributed by atoms with Crippen LogP contribution in [0.2, 0.25) is 0 Å². The molecule has 1 amide bonds. The largest absolute Gasteiger partial charge is 0.493 e. The summed E-state index contributed by atoms with van der Waals surface area (Å²) in [6, 6.07) is 9.51. The highest BCUT2D eigenvalue weighted by atomic mass is 16.5. The van der Waals surface area contributed by atoms with E-state index in [1.807, 2.05) is 44.2 Å². The SMILES string of the molecule is CCOc1ccc(N2CC(Oc3cc([C@@H]4CN(C(=O)[C@@H](O)CO)C[C@@]4(C)[C@@H](C)O)ccc3OC)C2)nc1. The van der Waals surface area contributed by atoms with Crippen molar-refractivity contribution in [1.82, 2.24) is 9.88 Å². The molecular formula is C27H37N3O7. The number of rotatable bonds is 10. The van der Waals surface area contributed by atoms with E-state index >= 15 is 0 Å². The van der Waals surface area contributed by atoms with E-state index in [9.17, 15) is 20.1 Å². The van der Waals surface area contributed by atoms with Crippen LogP contribution in [0.3, 0.4) is 0 Å². The number of methoxy groups -OCH3 is 1. The lowest BCUT2D eigenvalue weighted by atomic mass is 9.72. The molecule has 4 atom stereocenters. The van der Waals surface area contributed by atoms with Crippen molar-refractivity contribution in [3.8, 4) is 17.2 Å². The molecule has 37 heavy (non-hydrogen) atoms. The van der Waals surface area contributed by atoms with Gasteiger partial charge in [0.15, 0.2) is 17.6 Å². The number of aromatic nitrogens is 1. The van der Waals surface area contributed by atoms with Crippen LogP contribution in [-0.4, -0.2) is 95.9 Å². The second-order valence-electron chi connectivity index (χ2n) is 9.99. The van der Waals surface area contributed by atoms with Gasteiger partial charge in [0.1, 0.15) is 17.7 Å². The van der Waals surface area contributed by atoms with Gasteiger partial charge < -0.3 is 39.3 Å². The first-order chi connectivity index (χ1) is 17.7. The summed E-state index contributed by atoms with van der Waals surface area (Å²) in [5, 5.41) is 29.8. The Morgan fingerprint density at radius 1 is 1.19 bits per heavy atom. The molecule has 0 radical (unpaired) electrons. The summed E-state index contributed by atoms with van der Waals surface area (Å²) in [4.78, 5) is 20.7. The lowest BCUT2D eigenvalue weighted by molar-refractivity contribution is -0.141. The van der Waals surface area contributed by atoms with Crippen LogP contribution < -0.4 is 19.1 Å². The van der Waals surface area contributed by atoms with Gasteiger partial charge in [-0.3, -0.25) is 4.79 Å². The standard InChI is InChI=1S/C27H37N3O7/c1-5-36-19-7-9-25(28-11-19)29-12-20(13-29)37-24-10-18(6-8-23(24)35-4)21-14-30(26(34)22(33)15-31)16-27(21,3)17(2)32/h6-11,17,20-22,31-33H,5,12-16H2,1-4H3/t17-,21+,22+,27+/m1/s1. The van der Waals surface area contributed by atoms with Crippen molar-refractivity contribution in [1.29, 1.82) is 0 Å². The van der Waals surface area contributed by atoms with Crippen LogP contribution in [0, 0.1) is 5.41 Å². The molecule has 3 heterocycles. The second kappa shape index (κ2) is 11.1. The summed E-state index contributed by atoms with van der Waals surface area (Å²) in [5.74, 6) is 2.04. The van der Waals surface area contributed by atoms with Gasteiger partial charge in [-0.2, -0.15) is 0 Å². The first-order valence-electron chi connectivity index (χ1n) is 12.6. The topological polar surface area (TPSA) is 125 Å². The lowest BCUT2D eigenvalue weighted by Crippen LogP contribution is -2.54. The first-order valence-corrected chi connectivity index (χ1v) is 12.6. The number of hydrogen-bond acceptors (Lipinski definition) is 9. The molecule has 2 aromatic rings. The number of benzene rings is 1. The van der Waals surface area contributed by atoms with Crippen molar-refractivity contribution >= 4 is 11.7 Å². The van der Waals surface area contributed by atoms with Gasteiger partial charge in [-0.05, 0) is 43.7 Å². The third-order valence-corrected chi connectivity index (χ3v) is 7.54. The Morgan fingerprint density at radius 2 is 1.95 bits per heavy atom. The number of amides is 1. The molecule has 2 fully saturated rings. The maximum absolute atomic E-state index is 12.6. The number of anilines is 1. The molecular weight excluding hydrogens is 478 g/mol. The maximum atomic E-state index is 12.6. The number of aliphatic hydroxyl groups excluding tert-OH is 3. The third kappa shape index (κ3) is 5.46. The molecule has 1 aromatic heterocycles. The summed E-state index contributed by atoms with van der Waals surface area (Å²) < 4.78 is 17.3. The number of carbonyl (C=O) groups is 1. The Kier molecular flexibility index (Phi) is 8.11. The van der Waals surface area contributed by atoms with Gasteiger partial charge in [-0.25, -0.2) is 4.98 Å². The molecule has 2 saturated heterocycles. The van der Waals surface area contributed by atoms with Gasteiger partial charge in [-0.15, -0.1) is 0 Å². The highest BCUT2D eigenvalue weighted by molar-refractivity contribution is 5.81. The fraction of sp³-hybridized carbons (Fsp3) is 0.556. The van der Waals surface area contributed by atoms with Crippen LogP contribution in [0.25, 0.3) is 0 Å². The molecule has 0 unspecified atom stereocenters. The molecule has 2 aliphatic rings. The zero-order chi connectivity index (χ0) is 26.7. The number of nitrogens with zero attached hydrogens (tertiary/aromatic N) is 3. The van der Waals surface area contributed by atoms with E-state index in [4.69, 9.17) is 14.2 Å². The van der Waals surface area contributed by atoms with Crippen LogP contribution in [0.5, 0.6) is 17.2 Å². The molecule has 2 aliphatic heterocycles. The number of aliphatic hydroxyl groups is 3. The normalized spacial score (nSPS) is 23.4. The van der Waals surface area contributed by atoms with Gasteiger partial charge in [-0.1, -0.05) is 13.0 Å². The van der Waals surface area contributed by atoms with Crippen LogP contribution in [0.1, 0.15) is 32.3 Å². The van der Waals surface area contributed by atoms with Gasteiger partial charge >= 0.3 is 0 Å². The van der Waals surface area contributed by atoms with Crippen LogP contribution in [-0.2, 0) is 4.79 Å². The summed E-state index contributed by atoms with van der Waals surface area (Å²) in [6.07, 6.45) is -0.525. The molecule has 10 heteroatoms. The van der Waals surface area contributed by atoms with Gasteiger partial charge in [0, 0.05) is 24.4 Å². The lowest BCUT2D eigenvalue weighted by Gasteiger charge is -2.40. The highest BCUT2D eigenvalue weighted by Gasteiger charge is 2.49. The number of ether oxygens (including phenoxy) is 3. The second-order valence-corrected chi connectivity index (χ2v) is 9.99. The van der Waals surface area contributed by atoms with E-state index < -0.39 is 30.1 Å². The van der Waals surface area contributed by atoms with Crippen LogP contribution in [0.4, 0.5) is 5.82 Å². The van der Waals surface area contributed by atoms with Gasteiger partial charge in [0.25, 0.3) is 5.91 Å². The number of hydrogen-bond donors (Lipinski definition) is 3. The Labute approximate surface area is 217 Å². The van der Waals surface area contributed by atoms with E-state index in [-0.39, 0.29) is 18.6 Å². The fourth-order valence-corrected chi connectivity index (χ4v) is 5.07. The minimum atomic E-state index is -1.47. The van der Waals surface area contributed by atoms with E-state index in [2.05, 4.69) is 9.88 Å². The molecule has 0 spiro atoms. The van der Waals surface area contributed by atoms with Crippen molar-refractivity contribution in [2.24, 2.45) is 5.41 Å². The Bertz CT molecular complexity index is 1070. The Balaban J connectivity index is 1.49. The summed E-state index contributed by atoms with van der Waals surface area (Å²) in [6.45, 7) is 7.44. The summed E-state index contributed by atoms with van der Waals surface area (Å²) in [5.41, 5.74) is 0.251. The Hall–Kier alpha value is -3.08. The van der Waals surface area contributed by atoms with Gasteiger partial charge in [0.05, 0.1) is 45.7 Å². The third-order valence-electron chi connectivity index (χ3n) is 7.54. The zero-order valence-corrected chi connectivity index (χ0v) is 21.8. The predicted molar refractivity (Wildman–Crippen MR) is 137 cm³/mol. The average molecular weight is 516 g/mol. The molecule has 1 aromatic carbocycles. The molecule has 0 aliphatic carbocycles. The molecule has 4 rings (SSSR count). The first kappa shape index (κ1) is 27.0. The van der Waals surface area contributed by atoms with E-state index in [1.54, 1.807) is 20.2 Å². The van der Waals surface area contributed by atoms with Crippen molar-refractivity contribution in [2.45, 2.75) is 45.0 Å². The minimum absolute atomic E-state index is 0.0537. The summed E-state index contributed by atoms with van der Waals surface area (Å²) >= 11 is 0. The molecule has 0 saturated carbocycles. The molecule has 10 nitrogen and oxygen atoms in total. The Morgan fingerprint density at radius 3 is 2.54 bits per heavy atom. The monoisotopic (exact) mass is 515 g/mol. The minimum Gasteiger partial charge on any atom is -0.493 e. The number of likely N-dealkylation sites (tertiary alicyclic amines) is 1. The van der Waals surface area contributed by atoms with Crippen LogP contribution in [0.15, 0.2) is 36.5 Å². The van der Waals surface area contributed by atoms with Crippen molar-refractivity contribution in [3.05, 3.63) is 42.1 Å². The van der Waals surface area contributed by atoms with Crippen LogP contribution >= 0.6 is 0 Å². The predicted octanol–water partition coefficient (Wildman–Crippen LogP) is 1.42. The molecule has 0 bridgehead atoms. The quantitative estimate of drug-likeness (QED) is 0.431. The van der Waals surface area contributed by atoms with Crippen molar-refractivity contribution in [3.63, 3.8) is 0 Å². The fourth-order valence-electron chi connectivity index (χ4n) is 5.07. The zero-order valence-electron chi connectivity index (χ0n) is 21.8. The molecule has 3 N–H and O–H groups in total. The average Bonchev–Trinajstić information content (AvgIpc) is 3.24. The highest BCUT2D eigenvalue weighted by Crippen LogP contribution is 2.47. The maximum Gasteiger partial charge on any atom is 0.253 e. The van der Waals surface area contributed by atoms with Crippen molar-refractivity contribution in [2.75, 3.05) is 51.4 Å². The summed E-state index contributed by atoms with van der Waals surface area (Å²) in [7, 11) is 1.59. The van der Waals surface area contributed by atoms with Gasteiger partial charge in [0.2, 0.25) is 0 Å². The van der Waals surface area contributed by atoms with E-state index in [0.29, 0.717) is 37.7 Å². The van der Waals surface area contributed by atoms with E-state index in [0.717, 1.165) is 17.1 Å². The van der Waals surface area contributed by atoms with Crippen molar-refractivity contribution < 1.29 is 34.3 Å². The smallest absolute Gasteiger partial charge is 0.253 e. The van der Waals surface area contributed by atoms with E-state index in [1.165, 1.54) is 4.90 Å².